The number of hydrogen-bond acceptors (Lipinski definition) is 28. The molecule has 14 rings (SSSR count). The monoisotopic (exact) mass is 1670 g/mol. The van der Waals surface area contributed by atoms with Crippen LogP contribution in [0.25, 0.3) is 0 Å². The molecule has 6 aliphatic heterocycles. The summed E-state index contributed by atoms with van der Waals surface area (Å²) in [5.74, 6) is 0. The van der Waals surface area contributed by atoms with Gasteiger partial charge in [-0.2, -0.15) is 67.3 Å². The van der Waals surface area contributed by atoms with Crippen molar-refractivity contribution in [2.45, 2.75) is 39.2 Å². The van der Waals surface area contributed by atoms with Crippen molar-refractivity contribution in [1.29, 1.82) is 0 Å². The molecule has 0 aliphatic carbocycles. The molecule has 52 heteroatoms. The Balaban J connectivity index is 1.36. The van der Waals surface area contributed by atoms with Gasteiger partial charge in [-0.3, -0.25) is 36.4 Å². The van der Waals surface area contributed by atoms with Gasteiger partial charge in [0, 0.05) is 41.5 Å². The fourth-order valence-electron chi connectivity index (χ4n) is 10.8. The molecule has 8 aromatic rings. The third-order valence-electron chi connectivity index (χ3n) is 15.1. The van der Waals surface area contributed by atoms with Crippen LogP contribution in [-0.4, -0.2) is 174 Å². The van der Waals surface area contributed by atoms with E-state index in [0.717, 1.165) is 146 Å². The Bertz CT molecular complexity index is 4680. The molecule has 8 N–H and O–H groups in total. The van der Waals surface area contributed by atoms with E-state index in [0.29, 0.717) is 48.5 Å². The molecule has 0 saturated carbocycles. The van der Waals surface area contributed by atoms with Crippen LogP contribution in [0.2, 0.25) is 0 Å². The van der Waals surface area contributed by atoms with Gasteiger partial charge in [-0.1, -0.05) is 97.1 Å². The van der Waals surface area contributed by atoms with Crippen LogP contribution in [0.5, 0.6) is 0 Å². The zero-order chi connectivity index (χ0) is 72.4. The molecule has 8 bridgehead atoms. The highest BCUT2D eigenvalue weighted by atomic mass is 32.2. The van der Waals surface area contributed by atoms with Crippen LogP contribution in [0.1, 0.15) is 0 Å². The zero-order valence-electron chi connectivity index (χ0n) is 48.7. The lowest BCUT2D eigenvalue weighted by Crippen LogP contribution is -2.96. The van der Waals surface area contributed by atoms with Crippen molar-refractivity contribution in [3.05, 3.63) is 194 Å². The normalized spacial score (nSPS) is 28.1. The van der Waals surface area contributed by atoms with Gasteiger partial charge in [0.2, 0.25) is 0 Å². The molecule has 100 heavy (non-hydrogen) atoms. The lowest BCUT2D eigenvalue weighted by Gasteiger charge is -2.62. The molecule has 0 unspecified atom stereocenters. The average Bonchev–Trinajstić information content (AvgIpc) is 0.664. The highest BCUT2D eigenvalue weighted by molar-refractivity contribution is 7.87. The zero-order valence-corrected chi connectivity index (χ0v) is 63.3. The van der Waals surface area contributed by atoms with E-state index in [1.54, 1.807) is 0 Å². The van der Waals surface area contributed by atoms with Crippen molar-refractivity contribution in [3.63, 3.8) is 0 Å². The summed E-state index contributed by atoms with van der Waals surface area (Å²) in [6, 6.07) is 25.2. The Morgan fingerprint density at radius 2 is 0.260 bits per heavy atom. The molecule has 36 nitrogen and oxygen atoms in total. The maximum Gasteiger partial charge on any atom is 0.515 e. The van der Waals surface area contributed by atoms with Gasteiger partial charge in [-0.15, -0.1) is 0 Å². The predicted molar refractivity (Wildman–Crippen MR) is 346 cm³/mol. The standard InChI is InChI=1S/C48H40O36S8Si8/c49-85(50,51)33-9-1-17-41(25-33)93-73-94(42-18-2-10-34(26-42)86(52,53)54)76-97(45-21-5-13-37(29-45)89(61,62)63)78-95(74-93,43-19-3-11-35(27-43)87(55,56)57)80-99(47-23-7-15-39(31-47)91(67,68)69)81-96(75-93,44-20-4-12-36(28-44)88(58,59)60)79-98(77-94,46-22-6-14-38(30-46)90(64,65)66)83-100(82-97,84-99)48-24-8-16-40(32-48)92(70,71)72/h1-32H,(H,49,50,51)(H,52,53,54)(H,55,56,57)(H,58,59,60)(H,61,62,63)(H,64,65,66)(H,67,68,69)(H,70,71,72). The molecular formula is C48H40O36S8Si8. The van der Waals surface area contributed by atoms with E-state index in [2.05, 4.69) is 0 Å². The largest absolute Gasteiger partial charge is 0.515 e. The Kier molecular flexibility index (Phi) is 17.4. The average molecular weight is 1670 g/mol. The van der Waals surface area contributed by atoms with E-state index >= 15 is 0 Å². The summed E-state index contributed by atoms with van der Waals surface area (Å²) >= 11 is 0. The van der Waals surface area contributed by atoms with Crippen LogP contribution >= 0.6 is 0 Å². The van der Waals surface area contributed by atoms with Gasteiger partial charge in [0.25, 0.3) is 80.9 Å². The summed E-state index contributed by atoms with van der Waals surface area (Å²) < 4.78 is 394. The highest BCUT2D eigenvalue weighted by Gasteiger charge is 2.86. The van der Waals surface area contributed by atoms with E-state index in [1.165, 1.54) is 0 Å². The van der Waals surface area contributed by atoms with Crippen LogP contribution in [0.4, 0.5) is 0 Å². The van der Waals surface area contributed by atoms with E-state index in [4.69, 9.17) is 49.4 Å². The molecule has 6 saturated heterocycles. The Morgan fingerprint density at radius 1 is 0.170 bits per heavy atom. The maximum absolute atomic E-state index is 13.6. The Morgan fingerprint density at radius 3 is 0.340 bits per heavy atom. The first-order chi connectivity index (χ1) is 46.2. The number of rotatable bonds is 16. The molecule has 6 heterocycles. The van der Waals surface area contributed by atoms with Gasteiger partial charge in [0.05, 0.1) is 39.2 Å². The van der Waals surface area contributed by atoms with Crippen LogP contribution in [0.3, 0.4) is 0 Å². The first-order valence-corrected chi connectivity index (χ1v) is 52.5. The fraction of sp³-hybridized carbons (Fsp3) is 0. The van der Waals surface area contributed by atoms with Gasteiger partial charge in [-0.05, 0) is 97.1 Å². The van der Waals surface area contributed by atoms with Crippen molar-refractivity contribution in [2.24, 2.45) is 0 Å². The van der Waals surface area contributed by atoms with E-state index in [9.17, 15) is 104 Å². The van der Waals surface area contributed by atoms with Crippen molar-refractivity contribution in [3.8, 4) is 0 Å². The summed E-state index contributed by atoms with van der Waals surface area (Å²) in [5, 5.41) is -6.90. The minimum atomic E-state index is -6.70. The second kappa shape index (κ2) is 23.9. The Hall–Kier alpha value is -5.70. The summed E-state index contributed by atoms with van der Waals surface area (Å²) in [7, 11) is -97.9. The third-order valence-corrected chi connectivity index (χ3v) is 55.8. The predicted octanol–water partition coefficient (Wildman–Crippen LogP) is -3.00. The van der Waals surface area contributed by atoms with Crippen molar-refractivity contribution in [1.82, 2.24) is 0 Å². The molecular weight excluding hydrogens is 1630 g/mol. The lowest BCUT2D eigenvalue weighted by atomic mass is 10.4. The van der Waals surface area contributed by atoms with Crippen LogP contribution in [0, 0.1) is 0 Å². The van der Waals surface area contributed by atoms with Crippen LogP contribution in [0.15, 0.2) is 233 Å². The molecule has 6 aliphatic rings. The molecule has 528 valence electrons. The molecule has 8 aromatic carbocycles. The molecule has 0 spiro atoms. The molecule has 0 amide bonds. The summed E-state index contributed by atoms with van der Waals surface area (Å²) in [5.41, 5.74) is 0. The molecule has 0 radical (unpaired) electrons. The second-order valence-corrected chi connectivity index (χ2v) is 56.4. The summed E-state index contributed by atoms with van der Waals surface area (Å²) in [4.78, 5) is -8.90. The second-order valence-electron chi connectivity index (χ2n) is 21.7. The van der Waals surface area contributed by atoms with Gasteiger partial charge < -0.3 is 49.4 Å². The van der Waals surface area contributed by atoms with Gasteiger partial charge in [-0.25, -0.2) is 0 Å². The SMILES string of the molecule is O=S(=O)(O)c1cccc([Si]23O[Si]4(c5cccc(S(=O)(=O)O)c5)O[Si]5(c6cccc(S(=O)(=O)O)c6)O[Si](c6cccc(S(=O)(=O)O)c6)(O2)O[Si]2(c6cccc(S(=O)(=O)O)c6)O[Si](c6cccc(S(=O)(=O)O)c6)(O3)O[Si](c3cccc(S(=O)(=O)O)c3)(O4)O[Si](c3cccc(S(=O)(=O)O)c3)(O5)O2)c1. The third kappa shape index (κ3) is 13.1. The van der Waals surface area contributed by atoms with Gasteiger partial charge in [0.1, 0.15) is 0 Å². The van der Waals surface area contributed by atoms with Crippen LogP contribution in [-0.2, 0) is 130 Å². The molecule has 0 atom stereocenters. The van der Waals surface area contributed by atoms with Crippen LogP contribution < -0.4 is 41.5 Å². The van der Waals surface area contributed by atoms with E-state index in [-0.39, 0.29) is 0 Å². The molecule has 0 aromatic heterocycles. The smallest absolute Gasteiger partial charge is 0.366 e. The number of benzene rings is 8. The minimum absolute atomic E-state index is 0.573. The first-order valence-electron chi connectivity index (χ1n) is 27.2. The highest BCUT2D eigenvalue weighted by Crippen LogP contribution is 2.49. The number of hydrogen-bond donors (Lipinski definition) is 8. The van der Waals surface area contributed by atoms with E-state index < -0.39 is 232 Å². The van der Waals surface area contributed by atoms with Crippen molar-refractivity contribution >= 4 is 193 Å². The van der Waals surface area contributed by atoms with E-state index in [1.807, 2.05) is 0 Å². The topological polar surface area (TPSA) is 546 Å². The first kappa shape index (κ1) is 72.6. The lowest BCUT2D eigenvalue weighted by molar-refractivity contribution is -0.00314. The van der Waals surface area contributed by atoms with Gasteiger partial charge >= 0.3 is 70.4 Å². The van der Waals surface area contributed by atoms with Crippen molar-refractivity contribution < 1.29 is 153 Å². The summed E-state index contributed by atoms with van der Waals surface area (Å²) in [6.45, 7) is 0. The van der Waals surface area contributed by atoms with Gasteiger partial charge in [0.15, 0.2) is 0 Å². The maximum atomic E-state index is 13.6. The Labute approximate surface area is 574 Å². The minimum Gasteiger partial charge on any atom is -0.366 e. The fourth-order valence-corrected chi connectivity index (χ4v) is 62.2. The molecule has 6 fully saturated rings. The van der Waals surface area contributed by atoms with Crippen molar-refractivity contribution in [2.75, 3.05) is 0 Å². The summed E-state index contributed by atoms with van der Waals surface area (Å²) in [6.07, 6.45) is 0. The quantitative estimate of drug-likeness (QED) is 0.0353.